The lowest BCUT2D eigenvalue weighted by molar-refractivity contribution is 1.35. The molecule has 3 aromatic rings. The van der Waals surface area contributed by atoms with Crippen LogP contribution in [0.15, 0.2) is 84.9 Å². The highest BCUT2D eigenvalue weighted by Crippen LogP contribution is 2.14. The zero-order chi connectivity index (χ0) is 20.9. The fourth-order valence-electron chi connectivity index (χ4n) is 3.79. The van der Waals surface area contributed by atoms with Crippen LogP contribution in [0, 0.1) is 43.7 Å². The maximum absolute atomic E-state index is 4.02. The monoisotopic (exact) mass is 390 g/mol. The van der Waals surface area contributed by atoms with E-state index in [-0.39, 0.29) is 0 Å². The van der Waals surface area contributed by atoms with Crippen molar-refractivity contribution in [3.63, 3.8) is 0 Å². The number of hydrogen-bond donors (Lipinski definition) is 0. The first kappa shape index (κ1) is 20.5. The zero-order valence-corrected chi connectivity index (χ0v) is 18.6. The van der Waals surface area contributed by atoms with Gasteiger partial charge in [-0.05, 0) is 66.9 Å². The van der Waals surface area contributed by atoms with E-state index in [9.17, 15) is 0 Å². The molecule has 0 spiro atoms. The summed E-state index contributed by atoms with van der Waals surface area (Å²) in [4.78, 5) is 0. The maximum atomic E-state index is 4.02. The van der Waals surface area contributed by atoms with Crippen molar-refractivity contribution in [2.75, 3.05) is 0 Å². The summed E-state index contributed by atoms with van der Waals surface area (Å²) in [5, 5.41) is 2.51. The Hall–Kier alpha value is -3.26. The van der Waals surface area contributed by atoms with E-state index in [0.29, 0.717) is 0 Å². The fourth-order valence-corrected chi connectivity index (χ4v) is 7.43. The van der Waals surface area contributed by atoms with Gasteiger partial charge in [0, 0.05) is 5.56 Å². The first-order chi connectivity index (χ1) is 13.9. The lowest BCUT2D eigenvalue weighted by Crippen LogP contribution is -2.59. The van der Waals surface area contributed by atoms with E-state index in [1.165, 1.54) is 27.1 Å². The number of allylic oxidation sites excluding steroid dienone is 1. The summed E-state index contributed by atoms with van der Waals surface area (Å²) in [5.74, 6) is 6.76. The molecule has 142 valence electrons. The van der Waals surface area contributed by atoms with Crippen LogP contribution in [0.4, 0.5) is 0 Å². The molecule has 0 aliphatic heterocycles. The molecule has 1 unspecified atom stereocenters. The van der Waals surface area contributed by atoms with Crippen molar-refractivity contribution >= 4 is 18.4 Å². The summed E-state index contributed by atoms with van der Waals surface area (Å²) in [6, 6.07) is 25.3. The van der Waals surface area contributed by atoms with Gasteiger partial charge in [0.25, 0.3) is 8.07 Å². The number of hydrogen-bond acceptors (Lipinski definition) is 0. The Bertz CT molecular complexity index is 1130. The average molecular weight is 391 g/mol. The van der Waals surface area contributed by atoms with Gasteiger partial charge in [0.05, 0.1) is 0 Å². The molecule has 0 nitrogen and oxygen atoms in total. The van der Waals surface area contributed by atoms with Gasteiger partial charge >= 0.3 is 0 Å². The zero-order valence-electron chi connectivity index (χ0n) is 17.6. The predicted molar refractivity (Wildman–Crippen MR) is 128 cm³/mol. The molecule has 3 aromatic carbocycles. The maximum Gasteiger partial charge on any atom is 0.277 e. The predicted octanol–water partition coefficient (Wildman–Crippen LogP) is 4.88. The molecule has 3 rings (SSSR count). The quantitative estimate of drug-likeness (QED) is 0.432. The van der Waals surface area contributed by atoms with E-state index in [0.717, 1.165) is 11.1 Å². The number of aryl methyl sites for hydroxylation is 3. The van der Waals surface area contributed by atoms with Crippen molar-refractivity contribution in [3.8, 4) is 22.9 Å². The molecule has 29 heavy (non-hydrogen) atoms. The lowest BCUT2D eigenvalue weighted by atomic mass is 10.1. The Balaban J connectivity index is 2.40. The van der Waals surface area contributed by atoms with Crippen molar-refractivity contribution in [1.82, 2.24) is 0 Å². The summed E-state index contributed by atoms with van der Waals surface area (Å²) >= 11 is 0. The second kappa shape index (κ2) is 8.83. The van der Waals surface area contributed by atoms with Gasteiger partial charge in [-0.3, -0.25) is 0 Å². The average Bonchev–Trinajstić information content (AvgIpc) is 2.70. The van der Waals surface area contributed by atoms with E-state index < -0.39 is 8.07 Å². The molecule has 0 fully saturated rings. The molecule has 0 aromatic heterocycles. The Labute approximate surface area is 176 Å². The number of benzene rings is 3. The van der Waals surface area contributed by atoms with Crippen LogP contribution in [0.1, 0.15) is 29.2 Å². The lowest BCUT2D eigenvalue weighted by Gasteiger charge is -2.26. The van der Waals surface area contributed by atoms with E-state index in [1.54, 1.807) is 0 Å². The van der Waals surface area contributed by atoms with Crippen LogP contribution in [0.3, 0.4) is 0 Å². The van der Waals surface area contributed by atoms with Crippen molar-refractivity contribution < 1.29 is 0 Å². The topological polar surface area (TPSA) is 0 Å². The molecule has 0 radical (unpaired) electrons. The van der Waals surface area contributed by atoms with Gasteiger partial charge in [0.15, 0.2) is 0 Å². The minimum absolute atomic E-state index is 0.863. The van der Waals surface area contributed by atoms with Crippen molar-refractivity contribution in [3.05, 3.63) is 107 Å². The molecule has 1 heteroatoms. The summed E-state index contributed by atoms with van der Waals surface area (Å²) in [6.07, 6.45) is 0. The Kier molecular flexibility index (Phi) is 6.23. The van der Waals surface area contributed by atoms with Crippen LogP contribution in [0.2, 0.25) is 0 Å². The third-order valence-corrected chi connectivity index (χ3v) is 8.63. The largest absolute Gasteiger partial charge is 0.277 e. The normalized spacial score (nSPS) is 12.0. The first-order valence-corrected chi connectivity index (χ1v) is 11.8. The van der Waals surface area contributed by atoms with Crippen LogP contribution < -0.4 is 10.4 Å². The van der Waals surface area contributed by atoms with Crippen molar-refractivity contribution in [1.29, 1.82) is 0 Å². The molecule has 1 atom stereocenters. The van der Waals surface area contributed by atoms with Crippen LogP contribution in [-0.2, 0) is 0 Å². The third-order valence-electron chi connectivity index (χ3n) is 4.89. The van der Waals surface area contributed by atoms with E-state index in [4.69, 9.17) is 0 Å². The van der Waals surface area contributed by atoms with Crippen molar-refractivity contribution in [2.45, 2.75) is 27.7 Å². The van der Waals surface area contributed by atoms with E-state index >= 15 is 0 Å². The third kappa shape index (κ3) is 4.60. The standard InChI is InChI=1S/C28H26Si/c1-22(2)16-18-29(27-14-10-7-11-15-27,19-17-26-12-8-6-9-13-26)28-24(4)20-23(3)21-25(28)5/h6-15,20-21H,1H2,2-5H3. The molecule has 0 N–H and O–H groups in total. The highest BCUT2D eigenvalue weighted by Gasteiger charge is 2.37. The van der Waals surface area contributed by atoms with E-state index in [2.05, 4.69) is 98.8 Å². The SMILES string of the molecule is C=C(C)C#C[Si](C#Cc1ccccc1)(c1ccccc1)c1c(C)cc(C)cc1C. The molecular formula is C28H26Si. The van der Waals surface area contributed by atoms with Gasteiger partial charge in [0.2, 0.25) is 0 Å². The second-order valence-electron chi connectivity index (χ2n) is 7.54. The minimum atomic E-state index is -2.69. The Morgan fingerprint density at radius 2 is 1.34 bits per heavy atom. The van der Waals surface area contributed by atoms with E-state index in [1.807, 2.05) is 31.2 Å². The molecule has 0 amide bonds. The van der Waals surface area contributed by atoms with Crippen LogP contribution >= 0.6 is 0 Å². The number of rotatable bonds is 2. The van der Waals surface area contributed by atoms with Gasteiger partial charge in [-0.2, -0.15) is 0 Å². The summed E-state index contributed by atoms with van der Waals surface area (Å²) < 4.78 is 0. The van der Waals surface area contributed by atoms with Crippen molar-refractivity contribution in [2.24, 2.45) is 0 Å². The second-order valence-corrected chi connectivity index (χ2v) is 10.6. The van der Waals surface area contributed by atoms with Gasteiger partial charge in [0.1, 0.15) is 0 Å². The highest BCUT2D eigenvalue weighted by atomic mass is 28.3. The minimum Gasteiger partial charge on any atom is -0.0993 e. The smallest absolute Gasteiger partial charge is 0.0993 e. The van der Waals surface area contributed by atoms with Crippen LogP contribution in [0.25, 0.3) is 0 Å². The first-order valence-electron chi connectivity index (χ1n) is 9.83. The Morgan fingerprint density at radius 3 is 1.90 bits per heavy atom. The molecule has 0 saturated heterocycles. The molecule has 0 saturated carbocycles. The molecule has 0 bridgehead atoms. The summed E-state index contributed by atoms with van der Waals surface area (Å²) in [6.45, 7) is 12.5. The van der Waals surface area contributed by atoms with Gasteiger partial charge < -0.3 is 0 Å². The van der Waals surface area contributed by atoms with Gasteiger partial charge in [-0.15, -0.1) is 0 Å². The highest BCUT2D eigenvalue weighted by molar-refractivity contribution is 7.14. The summed E-state index contributed by atoms with van der Waals surface area (Å²) in [7, 11) is -2.69. The molecule has 0 heterocycles. The molecular weight excluding hydrogens is 364 g/mol. The fraction of sp³-hybridized carbons (Fsp3) is 0.143. The van der Waals surface area contributed by atoms with Gasteiger partial charge in [-0.25, -0.2) is 0 Å². The Morgan fingerprint density at radius 1 is 0.793 bits per heavy atom. The molecule has 0 aliphatic rings. The van der Waals surface area contributed by atoms with Crippen LogP contribution in [0.5, 0.6) is 0 Å². The summed E-state index contributed by atoms with van der Waals surface area (Å²) in [5.41, 5.74) is 13.0. The van der Waals surface area contributed by atoms with Gasteiger partial charge in [-0.1, -0.05) is 95.7 Å². The molecule has 0 aliphatic carbocycles. The van der Waals surface area contributed by atoms with Crippen LogP contribution in [-0.4, -0.2) is 8.07 Å².